The molecular formula is C25H35N3OS. The number of carbonyl (C=O) groups is 1. The van der Waals surface area contributed by atoms with Gasteiger partial charge < -0.3 is 9.80 Å². The quantitative estimate of drug-likeness (QED) is 0.630. The summed E-state index contributed by atoms with van der Waals surface area (Å²) in [4.78, 5) is 23.5. The first-order chi connectivity index (χ1) is 14.7. The van der Waals surface area contributed by atoms with Gasteiger partial charge in [-0.2, -0.15) is 0 Å². The Kier molecular flexibility index (Phi) is 7.21. The van der Waals surface area contributed by atoms with E-state index in [1.807, 2.05) is 6.92 Å². The Morgan fingerprint density at radius 3 is 2.33 bits per heavy atom. The number of piperidine rings is 1. The second-order valence-electron chi connectivity index (χ2n) is 8.85. The summed E-state index contributed by atoms with van der Waals surface area (Å²) in [6.07, 6.45) is 9.90. The highest BCUT2D eigenvalue weighted by Gasteiger charge is 2.29. The van der Waals surface area contributed by atoms with Crippen LogP contribution in [0.15, 0.2) is 24.3 Å². The number of thiazole rings is 1. The van der Waals surface area contributed by atoms with Gasteiger partial charge in [-0.1, -0.05) is 50.5 Å². The molecule has 2 saturated heterocycles. The van der Waals surface area contributed by atoms with Gasteiger partial charge in [0.05, 0.1) is 5.69 Å². The summed E-state index contributed by atoms with van der Waals surface area (Å²) in [5.41, 5.74) is 3.34. The minimum absolute atomic E-state index is 0.174. The van der Waals surface area contributed by atoms with E-state index in [0.717, 1.165) is 59.9 Å². The summed E-state index contributed by atoms with van der Waals surface area (Å²) in [5.74, 6) is 0.174. The molecule has 2 aliphatic heterocycles. The van der Waals surface area contributed by atoms with Gasteiger partial charge in [-0.25, -0.2) is 4.98 Å². The molecule has 0 atom stereocenters. The van der Waals surface area contributed by atoms with E-state index in [2.05, 4.69) is 41.0 Å². The predicted octanol–water partition coefficient (Wildman–Crippen LogP) is 5.55. The number of hydrogen-bond acceptors (Lipinski definition) is 4. The number of rotatable bonds is 5. The van der Waals surface area contributed by atoms with Crippen molar-refractivity contribution in [2.45, 2.75) is 71.3 Å². The lowest BCUT2D eigenvalue weighted by Crippen LogP contribution is -2.47. The average Bonchev–Trinajstić information content (AvgIpc) is 2.98. The molecular weight excluding hydrogens is 390 g/mol. The first-order valence-corrected chi connectivity index (χ1v) is 12.6. The Balaban J connectivity index is 1.39. The third-order valence-corrected chi connectivity index (χ3v) is 7.83. The number of aromatic nitrogens is 1. The van der Waals surface area contributed by atoms with Crippen LogP contribution in [0.2, 0.25) is 0 Å². The second-order valence-corrected chi connectivity index (χ2v) is 9.85. The molecule has 4 nitrogen and oxygen atoms in total. The molecule has 162 valence electrons. The van der Waals surface area contributed by atoms with Crippen LogP contribution in [0.4, 0.5) is 0 Å². The summed E-state index contributed by atoms with van der Waals surface area (Å²) in [7, 11) is 0. The van der Waals surface area contributed by atoms with Gasteiger partial charge in [0.25, 0.3) is 5.91 Å². The number of hydrogen-bond donors (Lipinski definition) is 0. The number of benzene rings is 1. The van der Waals surface area contributed by atoms with E-state index < -0.39 is 0 Å². The highest BCUT2D eigenvalue weighted by molar-refractivity contribution is 7.17. The molecule has 2 aliphatic rings. The monoisotopic (exact) mass is 425 g/mol. The number of amides is 1. The first kappa shape index (κ1) is 21.5. The Labute approximate surface area is 185 Å². The van der Waals surface area contributed by atoms with Crippen LogP contribution in [0.1, 0.15) is 72.8 Å². The molecule has 0 radical (unpaired) electrons. The molecule has 0 saturated carbocycles. The van der Waals surface area contributed by atoms with Gasteiger partial charge in [0, 0.05) is 24.7 Å². The van der Waals surface area contributed by atoms with E-state index in [0.29, 0.717) is 6.04 Å². The third kappa shape index (κ3) is 4.94. The SMILES string of the molecule is CCCc1ccc(-c2nc(C)c(C(=O)N3CCC(N4CCCCCC4)CC3)s2)cc1. The summed E-state index contributed by atoms with van der Waals surface area (Å²) in [6.45, 7) is 8.41. The van der Waals surface area contributed by atoms with E-state index in [-0.39, 0.29) is 5.91 Å². The van der Waals surface area contributed by atoms with Gasteiger partial charge >= 0.3 is 0 Å². The van der Waals surface area contributed by atoms with Gasteiger partial charge in [-0.05, 0) is 57.7 Å². The Morgan fingerprint density at radius 2 is 1.70 bits per heavy atom. The fourth-order valence-electron chi connectivity index (χ4n) is 4.86. The number of likely N-dealkylation sites (tertiary alicyclic amines) is 2. The highest BCUT2D eigenvalue weighted by atomic mass is 32.1. The molecule has 1 aromatic heterocycles. The maximum absolute atomic E-state index is 13.2. The molecule has 0 spiro atoms. The number of carbonyl (C=O) groups excluding carboxylic acids is 1. The molecule has 4 rings (SSSR count). The topological polar surface area (TPSA) is 36.4 Å². The van der Waals surface area contributed by atoms with Crippen molar-refractivity contribution in [3.63, 3.8) is 0 Å². The van der Waals surface area contributed by atoms with Crippen molar-refractivity contribution in [1.82, 2.24) is 14.8 Å². The van der Waals surface area contributed by atoms with Gasteiger partial charge in [-0.15, -0.1) is 11.3 Å². The van der Waals surface area contributed by atoms with Crippen molar-refractivity contribution >= 4 is 17.2 Å². The molecule has 3 heterocycles. The zero-order valence-corrected chi connectivity index (χ0v) is 19.3. The molecule has 30 heavy (non-hydrogen) atoms. The van der Waals surface area contributed by atoms with Crippen LogP contribution in [0.5, 0.6) is 0 Å². The zero-order chi connectivity index (χ0) is 20.9. The van der Waals surface area contributed by atoms with Crippen molar-refractivity contribution < 1.29 is 4.79 Å². The van der Waals surface area contributed by atoms with E-state index in [4.69, 9.17) is 4.98 Å². The summed E-state index contributed by atoms with van der Waals surface area (Å²) >= 11 is 1.55. The molecule has 1 aromatic carbocycles. The van der Waals surface area contributed by atoms with Crippen LogP contribution in [-0.4, -0.2) is 52.9 Å². The van der Waals surface area contributed by atoms with E-state index in [1.54, 1.807) is 11.3 Å². The van der Waals surface area contributed by atoms with E-state index in [1.165, 1.54) is 44.3 Å². The molecule has 1 amide bonds. The lowest BCUT2D eigenvalue weighted by Gasteiger charge is -2.38. The van der Waals surface area contributed by atoms with Crippen LogP contribution in [0.25, 0.3) is 10.6 Å². The van der Waals surface area contributed by atoms with Crippen molar-refractivity contribution in [2.75, 3.05) is 26.2 Å². The lowest BCUT2D eigenvalue weighted by atomic mass is 10.0. The average molecular weight is 426 g/mol. The first-order valence-electron chi connectivity index (χ1n) is 11.8. The van der Waals surface area contributed by atoms with Crippen molar-refractivity contribution in [3.05, 3.63) is 40.4 Å². The summed E-state index contributed by atoms with van der Waals surface area (Å²) < 4.78 is 0. The largest absolute Gasteiger partial charge is 0.338 e. The minimum atomic E-state index is 0.174. The molecule has 0 aliphatic carbocycles. The van der Waals surface area contributed by atoms with Gasteiger partial charge in [0.15, 0.2) is 0 Å². The minimum Gasteiger partial charge on any atom is -0.338 e. The Hall–Kier alpha value is -1.72. The maximum atomic E-state index is 13.2. The third-order valence-electron chi connectivity index (χ3n) is 6.64. The van der Waals surface area contributed by atoms with Crippen LogP contribution in [-0.2, 0) is 6.42 Å². The highest BCUT2D eigenvalue weighted by Crippen LogP contribution is 2.30. The standard InChI is InChI=1S/C25H35N3OS/c1-3-8-20-9-11-21(12-10-20)24-26-19(2)23(30-24)25(29)28-17-13-22(14-18-28)27-15-6-4-5-7-16-27/h9-12,22H,3-8,13-18H2,1-2H3. The van der Waals surface area contributed by atoms with Gasteiger partial charge in [0.2, 0.25) is 0 Å². The van der Waals surface area contributed by atoms with Crippen molar-refractivity contribution in [3.8, 4) is 10.6 Å². The predicted molar refractivity (Wildman–Crippen MR) is 125 cm³/mol. The number of aryl methyl sites for hydroxylation is 2. The van der Waals surface area contributed by atoms with Crippen molar-refractivity contribution in [1.29, 1.82) is 0 Å². The van der Waals surface area contributed by atoms with Crippen LogP contribution in [0, 0.1) is 6.92 Å². The fourth-order valence-corrected chi connectivity index (χ4v) is 5.90. The zero-order valence-electron chi connectivity index (χ0n) is 18.5. The van der Waals surface area contributed by atoms with E-state index in [9.17, 15) is 4.79 Å². The number of nitrogens with zero attached hydrogens (tertiary/aromatic N) is 3. The van der Waals surface area contributed by atoms with Crippen LogP contribution in [0.3, 0.4) is 0 Å². The smallest absolute Gasteiger partial charge is 0.265 e. The summed E-state index contributed by atoms with van der Waals surface area (Å²) in [5, 5.41) is 0.957. The molecule has 0 N–H and O–H groups in total. The van der Waals surface area contributed by atoms with Crippen LogP contribution < -0.4 is 0 Å². The Bertz CT molecular complexity index is 829. The van der Waals surface area contributed by atoms with Gasteiger partial charge in [0.1, 0.15) is 9.88 Å². The van der Waals surface area contributed by atoms with Gasteiger partial charge in [-0.3, -0.25) is 4.79 Å². The molecule has 2 fully saturated rings. The lowest BCUT2D eigenvalue weighted by molar-refractivity contribution is 0.0626. The molecule has 0 unspecified atom stereocenters. The molecule has 5 heteroatoms. The Morgan fingerprint density at radius 1 is 1.03 bits per heavy atom. The normalized spacial score (nSPS) is 19.1. The second kappa shape index (κ2) is 10.1. The maximum Gasteiger partial charge on any atom is 0.265 e. The van der Waals surface area contributed by atoms with E-state index >= 15 is 0 Å². The summed E-state index contributed by atoms with van der Waals surface area (Å²) in [6, 6.07) is 9.32. The molecule has 2 aromatic rings. The molecule has 0 bridgehead atoms. The van der Waals surface area contributed by atoms with Crippen LogP contribution >= 0.6 is 11.3 Å². The van der Waals surface area contributed by atoms with Crippen molar-refractivity contribution in [2.24, 2.45) is 0 Å². The fraction of sp³-hybridized carbons (Fsp3) is 0.600.